The summed E-state index contributed by atoms with van der Waals surface area (Å²) in [7, 11) is 0. The number of ether oxygens (including phenoxy) is 1. The standard InChI is InChI=1S/C13H26N2O3/c1-5-18-12(17)7-6-8-15-11(16)9-10(14)13(2,3)4/h10H,5-9,14H2,1-4H3,(H,15,16). The molecule has 5 heteroatoms. The van der Waals surface area contributed by atoms with E-state index in [2.05, 4.69) is 5.32 Å². The van der Waals surface area contributed by atoms with Gasteiger partial charge in [0.05, 0.1) is 6.61 Å². The minimum Gasteiger partial charge on any atom is -0.466 e. The van der Waals surface area contributed by atoms with Gasteiger partial charge in [0, 0.05) is 25.4 Å². The quantitative estimate of drug-likeness (QED) is 0.531. The van der Waals surface area contributed by atoms with Crippen LogP contribution < -0.4 is 11.1 Å². The Morgan fingerprint density at radius 1 is 1.33 bits per heavy atom. The lowest BCUT2D eigenvalue weighted by Crippen LogP contribution is -2.40. The Hall–Kier alpha value is -1.10. The molecule has 0 radical (unpaired) electrons. The van der Waals surface area contributed by atoms with Crippen molar-refractivity contribution in [1.29, 1.82) is 0 Å². The second-order valence-electron chi connectivity index (χ2n) is 5.44. The van der Waals surface area contributed by atoms with Gasteiger partial charge in [-0.1, -0.05) is 20.8 Å². The highest BCUT2D eigenvalue weighted by Gasteiger charge is 2.22. The smallest absolute Gasteiger partial charge is 0.305 e. The zero-order valence-electron chi connectivity index (χ0n) is 11.9. The summed E-state index contributed by atoms with van der Waals surface area (Å²) < 4.78 is 4.79. The van der Waals surface area contributed by atoms with E-state index in [1.165, 1.54) is 0 Å². The van der Waals surface area contributed by atoms with E-state index in [1.807, 2.05) is 20.8 Å². The SMILES string of the molecule is CCOC(=O)CCCNC(=O)CC(N)C(C)(C)C. The molecule has 0 aliphatic heterocycles. The molecule has 0 saturated heterocycles. The molecular formula is C13H26N2O3. The monoisotopic (exact) mass is 258 g/mol. The molecule has 0 rings (SSSR count). The highest BCUT2D eigenvalue weighted by atomic mass is 16.5. The second-order valence-corrected chi connectivity index (χ2v) is 5.44. The van der Waals surface area contributed by atoms with Crippen molar-refractivity contribution in [2.24, 2.45) is 11.1 Å². The van der Waals surface area contributed by atoms with Crippen molar-refractivity contribution in [1.82, 2.24) is 5.32 Å². The van der Waals surface area contributed by atoms with E-state index in [-0.39, 0.29) is 23.3 Å². The number of rotatable bonds is 7. The number of carbonyl (C=O) groups excluding carboxylic acids is 2. The molecule has 18 heavy (non-hydrogen) atoms. The number of nitrogens with two attached hydrogens (primary N) is 1. The van der Waals surface area contributed by atoms with Gasteiger partial charge < -0.3 is 15.8 Å². The number of amides is 1. The van der Waals surface area contributed by atoms with Crippen molar-refractivity contribution >= 4 is 11.9 Å². The summed E-state index contributed by atoms with van der Waals surface area (Å²) in [5, 5.41) is 2.76. The lowest BCUT2D eigenvalue weighted by atomic mass is 9.85. The third kappa shape index (κ3) is 8.06. The number of esters is 1. The van der Waals surface area contributed by atoms with E-state index in [0.717, 1.165) is 0 Å². The Kier molecular flexibility index (Phi) is 7.59. The van der Waals surface area contributed by atoms with Gasteiger partial charge in [-0.15, -0.1) is 0 Å². The maximum absolute atomic E-state index is 11.6. The molecular weight excluding hydrogens is 232 g/mol. The van der Waals surface area contributed by atoms with Gasteiger partial charge in [0.1, 0.15) is 0 Å². The van der Waals surface area contributed by atoms with Gasteiger partial charge >= 0.3 is 5.97 Å². The largest absolute Gasteiger partial charge is 0.466 e. The van der Waals surface area contributed by atoms with Crippen LogP contribution in [0.5, 0.6) is 0 Å². The minimum atomic E-state index is -0.224. The molecule has 3 N–H and O–H groups in total. The van der Waals surface area contributed by atoms with Crippen molar-refractivity contribution in [3.63, 3.8) is 0 Å². The first kappa shape index (κ1) is 16.9. The van der Waals surface area contributed by atoms with Gasteiger partial charge in [-0.05, 0) is 18.8 Å². The molecule has 1 atom stereocenters. The predicted octanol–water partition coefficient (Wildman–Crippen LogP) is 1.21. The zero-order valence-corrected chi connectivity index (χ0v) is 11.9. The van der Waals surface area contributed by atoms with E-state index in [9.17, 15) is 9.59 Å². The molecule has 0 aliphatic rings. The van der Waals surface area contributed by atoms with Crippen LogP contribution in [0.2, 0.25) is 0 Å². The molecule has 5 nitrogen and oxygen atoms in total. The minimum absolute atomic E-state index is 0.0683. The van der Waals surface area contributed by atoms with E-state index >= 15 is 0 Å². The Morgan fingerprint density at radius 3 is 2.44 bits per heavy atom. The summed E-state index contributed by atoms with van der Waals surface area (Å²) in [4.78, 5) is 22.6. The Bertz CT molecular complexity index is 272. The topological polar surface area (TPSA) is 81.4 Å². The third-order valence-corrected chi connectivity index (χ3v) is 2.70. The van der Waals surface area contributed by atoms with Crippen LogP contribution in [0.3, 0.4) is 0 Å². The van der Waals surface area contributed by atoms with Crippen LogP contribution in [-0.4, -0.2) is 31.1 Å². The number of hydrogen-bond acceptors (Lipinski definition) is 4. The van der Waals surface area contributed by atoms with Crippen LogP contribution in [0, 0.1) is 5.41 Å². The molecule has 0 saturated carbocycles. The average Bonchev–Trinajstić information content (AvgIpc) is 2.23. The molecule has 0 spiro atoms. The lowest BCUT2D eigenvalue weighted by Gasteiger charge is -2.26. The van der Waals surface area contributed by atoms with E-state index in [0.29, 0.717) is 32.4 Å². The van der Waals surface area contributed by atoms with Crippen LogP contribution in [0.4, 0.5) is 0 Å². The fourth-order valence-electron chi connectivity index (χ4n) is 1.27. The predicted molar refractivity (Wildman–Crippen MR) is 70.9 cm³/mol. The van der Waals surface area contributed by atoms with Gasteiger partial charge in [-0.25, -0.2) is 0 Å². The average molecular weight is 258 g/mol. The van der Waals surface area contributed by atoms with Crippen LogP contribution in [-0.2, 0) is 14.3 Å². The third-order valence-electron chi connectivity index (χ3n) is 2.70. The highest BCUT2D eigenvalue weighted by Crippen LogP contribution is 2.19. The van der Waals surface area contributed by atoms with E-state index in [1.54, 1.807) is 6.92 Å². The summed E-state index contributed by atoms with van der Waals surface area (Å²) in [6.07, 6.45) is 1.23. The molecule has 0 aliphatic carbocycles. The molecule has 0 aromatic rings. The molecule has 0 bridgehead atoms. The van der Waals surface area contributed by atoms with Gasteiger partial charge in [-0.2, -0.15) is 0 Å². The molecule has 0 heterocycles. The maximum atomic E-state index is 11.6. The Morgan fingerprint density at radius 2 is 1.94 bits per heavy atom. The van der Waals surface area contributed by atoms with Gasteiger partial charge in [-0.3, -0.25) is 9.59 Å². The van der Waals surface area contributed by atoms with Crippen molar-refractivity contribution in [3.8, 4) is 0 Å². The van der Waals surface area contributed by atoms with Crippen LogP contribution in [0.1, 0.15) is 47.0 Å². The number of hydrogen-bond donors (Lipinski definition) is 2. The fraction of sp³-hybridized carbons (Fsp3) is 0.846. The molecule has 0 aromatic carbocycles. The van der Waals surface area contributed by atoms with Crippen molar-refractivity contribution in [2.45, 2.75) is 53.0 Å². The summed E-state index contributed by atoms with van der Waals surface area (Å²) >= 11 is 0. The van der Waals surface area contributed by atoms with E-state index in [4.69, 9.17) is 10.5 Å². The summed E-state index contributed by atoms with van der Waals surface area (Å²) in [5.41, 5.74) is 5.83. The normalized spacial score (nSPS) is 12.9. The van der Waals surface area contributed by atoms with Gasteiger partial charge in [0.25, 0.3) is 0 Å². The summed E-state index contributed by atoms with van der Waals surface area (Å²) in [5.74, 6) is -0.292. The fourth-order valence-corrected chi connectivity index (χ4v) is 1.27. The number of nitrogens with one attached hydrogen (secondary N) is 1. The molecule has 106 valence electrons. The second kappa shape index (κ2) is 8.08. The molecule has 0 aromatic heterocycles. The molecule has 1 unspecified atom stereocenters. The Labute approximate surface area is 109 Å². The molecule has 1 amide bonds. The summed E-state index contributed by atoms with van der Waals surface area (Å²) in [6.45, 7) is 8.66. The van der Waals surface area contributed by atoms with Crippen LogP contribution in [0.15, 0.2) is 0 Å². The first-order valence-electron chi connectivity index (χ1n) is 6.45. The Balaban J connectivity index is 3.69. The summed E-state index contributed by atoms with van der Waals surface area (Å²) in [6, 6.07) is -0.164. The highest BCUT2D eigenvalue weighted by molar-refractivity contribution is 5.76. The van der Waals surface area contributed by atoms with E-state index < -0.39 is 0 Å². The van der Waals surface area contributed by atoms with Crippen LogP contribution >= 0.6 is 0 Å². The number of carbonyl (C=O) groups is 2. The van der Waals surface area contributed by atoms with Crippen LogP contribution in [0.25, 0.3) is 0 Å². The van der Waals surface area contributed by atoms with Gasteiger partial charge in [0.15, 0.2) is 0 Å². The zero-order chi connectivity index (χ0) is 14.2. The van der Waals surface area contributed by atoms with Crippen molar-refractivity contribution < 1.29 is 14.3 Å². The molecule has 0 fully saturated rings. The first-order chi connectivity index (χ1) is 8.27. The maximum Gasteiger partial charge on any atom is 0.305 e. The van der Waals surface area contributed by atoms with Crippen molar-refractivity contribution in [3.05, 3.63) is 0 Å². The van der Waals surface area contributed by atoms with Gasteiger partial charge in [0.2, 0.25) is 5.91 Å². The lowest BCUT2D eigenvalue weighted by molar-refractivity contribution is -0.143. The first-order valence-corrected chi connectivity index (χ1v) is 6.45. The van der Waals surface area contributed by atoms with Crippen molar-refractivity contribution in [2.75, 3.05) is 13.2 Å².